The Kier molecular flexibility index (Phi) is 2.44. The highest BCUT2D eigenvalue weighted by molar-refractivity contribution is 5.90. The maximum absolute atomic E-state index is 11.1. The number of hydrogen-bond donors (Lipinski definition) is 1. The van der Waals surface area contributed by atoms with E-state index in [9.17, 15) is 4.79 Å². The normalized spacial score (nSPS) is 9.92. The maximum Gasteiger partial charge on any atom is 0.341 e. The molecule has 0 bridgehead atoms. The molecule has 66 valence electrons. The summed E-state index contributed by atoms with van der Waals surface area (Å²) < 4.78 is 6.11. The first kappa shape index (κ1) is 8.73. The third kappa shape index (κ3) is 1.31. The van der Waals surface area contributed by atoms with E-state index < -0.39 is 5.97 Å². The summed E-state index contributed by atoms with van der Waals surface area (Å²) in [6.07, 6.45) is 1.45. The highest BCUT2D eigenvalue weighted by Gasteiger charge is 2.14. The van der Waals surface area contributed by atoms with Crippen LogP contribution in [-0.4, -0.2) is 22.9 Å². The molecular weight excluding hydrogens is 158 g/mol. The lowest BCUT2D eigenvalue weighted by atomic mass is 10.2. The molecule has 0 aliphatic carbocycles. The highest BCUT2D eigenvalue weighted by Crippen LogP contribution is 2.07. The lowest BCUT2D eigenvalue weighted by molar-refractivity contribution is 0.0599. The standard InChI is InChI=1S/C7H11N3O2/c1-10-6(3-8)5(4-9-10)7(11)12-2/h4H,3,8H2,1-2H3. The molecule has 0 atom stereocenters. The zero-order valence-electron chi connectivity index (χ0n) is 7.07. The third-order valence-electron chi connectivity index (χ3n) is 1.66. The van der Waals surface area contributed by atoms with E-state index in [4.69, 9.17) is 5.73 Å². The Labute approximate surface area is 70.1 Å². The molecule has 0 spiro atoms. The van der Waals surface area contributed by atoms with Gasteiger partial charge in [0.2, 0.25) is 0 Å². The topological polar surface area (TPSA) is 70.1 Å². The van der Waals surface area contributed by atoms with Crippen molar-refractivity contribution in [2.24, 2.45) is 12.8 Å². The molecule has 12 heavy (non-hydrogen) atoms. The van der Waals surface area contributed by atoms with Crippen molar-refractivity contribution < 1.29 is 9.53 Å². The fourth-order valence-electron chi connectivity index (χ4n) is 0.985. The summed E-state index contributed by atoms with van der Waals surface area (Å²) in [6, 6.07) is 0. The van der Waals surface area contributed by atoms with E-state index >= 15 is 0 Å². The number of nitrogens with zero attached hydrogens (tertiary/aromatic N) is 2. The quantitative estimate of drug-likeness (QED) is 0.615. The van der Waals surface area contributed by atoms with Gasteiger partial charge in [0.1, 0.15) is 5.56 Å². The molecule has 0 radical (unpaired) electrons. The van der Waals surface area contributed by atoms with Gasteiger partial charge in [-0.3, -0.25) is 4.68 Å². The average molecular weight is 169 g/mol. The van der Waals surface area contributed by atoms with Gasteiger partial charge < -0.3 is 10.5 Å². The van der Waals surface area contributed by atoms with Gasteiger partial charge in [-0.25, -0.2) is 4.79 Å². The molecule has 0 saturated heterocycles. The Bertz CT molecular complexity index is 293. The van der Waals surface area contributed by atoms with Gasteiger partial charge >= 0.3 is 5.97 Å². The van der Waals surface area contributed by atoms with Gasteiger partial charge in [0, 0.05) is 13.6 Å². The summed E-state index contributed by atoms with van der Waals surface area (Å²) >= 11 is 0. The molecule has 5 nitrogen and oxygen atoms in total. The van der Waals surface area contributed by atoms with Crippen LogP contribution in [0.3, 0.4) is 0 Å². The molecule has 0 fully saturated rings. The summed E-state index contributed by atoms with van der Waals surface area (Å²) in [6.45, 7) is 0.279. The SMILES string of the molecule is COC(=O)c1cnn(C)c1CN. The van der Waals surface area contributed by atoms with Gasteiger partial charge in [-0.05, 0) is 0 Å². The Morgan fingerprint density at radius 2 is 2.50 bits per heavy atom. The van der Waals surface area contributed by atoms with E-state index in [0.717, 1.165) is 0 Å². The summed E-state index contributed by atoms with van der Waals surface area (Å²) in [5, 5.41) is 3.89. The summed E-state index contributed by atoms with van der Waals surface area (Å²) in [5.41, 5.74) is 6.53. The molecule has 1 heterocycles. The van der Waals surface area contributed by atoms with Crippen LogP contribution in [0.15, 0.2) is 6.20 Å². The van der Waals surface area contributed by atoms with Crippen molar-refractivity contribution in [1.82, 2.24) is 9.78 Å². The second kappa shape index (κ2) is 3.36. The van der Waals surface area contributed by atoms with Crippen molar-refractivity contribution in [3.63, 3.8) is 0 Å². The first-order valence-corrected chi connectivity index (χ1v) is 3.50. The minimum atomic E-state index is -0.399. The predicted octanol–water partition coefficient (Wildman–Crippen LogP) is -0.335. The van der Waals surface area contributed by atoms with Crippen LogP contribution < -0.4 is 5.73 Å². The van der Waals surface area contributed by atoms with Gasteiger partial charge in [0.15, 0.2) is 0 Å². The van der Waals surface area contributed by atoms with E-state index in [2.05, 4.69) is 9.84 Å². The molecular formula is C7H11N3O2. The number of carbonyl (C=O) groups excluding carboxylic acids is 1. The number of nitrogens with two attached hydrogens (primary N) is 1. The molecule has 0 aliphatic heterocycles. The fourth-order valence-corrected chi connectivity index (χ4v) is 0.985. The molecule has 0 aromatic carbocycles. The van der Waals surface area contributed by atoms with Crippen molar-refractivity contribution in [2.75, 3.05) is 7.11 Å². The van der Waals surface area contributed by atoms with E-state index in [1.807, 2.05) is 0 Å². The molecule has 0 amide bonds. The van der Waals surface area contributed by atoms with E-state index in [1.54, 1.807) is 11.7 Å². The van der Waals surface area contributed by atoms with Crippen LogP contribution in [0.2, 0.25) is 0 Å². The van der Waals surface area contributed by atoms with Crippen LogP contribution in [-0.2, 0) is 18.3 Å². The van der Waals surface area contributed by atoms with Crippen LogP contribution in [0.25, 0.3) is 0 Å². The first-order chi connectivity index (χ1) is 5.70. The number of hydrogen-bond acceptors (Lipinski definition) is 4. The minimum absolute atomic E-state index is 0.279. The van der Waals surface area contributed by atoms with Gasteiger partial charge in [0.25, 0.3) is 0 Å². The molecule has 0 aliphatic rings. The van der Waals surface area contributed by atoms with Gasteiger partial charge in [0.05, 0.1) is 19.0 Å². The number of aromatic nitrogens is 2. The molecule has 5 heteroatoms. The zero-order valence-corrected chi connectivity index (χ0v) is 7.07. The van der Waals surface area contributed by atoms with E-state index in [-0.39, 0.29) is 6.54 Å². The average Bonchev–Trinajstić information content (AvgIpc) is 2.45. The van der Waals surface area contributed by atoms with Gasteiger partial charge in [-0.1, -0.05) is 0 Å². The minimum Gasteiger partial charge on any atom is -0.465 e. The third-order valence-corrected chi connectivity index (χ3v) is 1.66. The largest absolute Gasteiger partial charge is 0.465 e. The lowest BCUT2D eigenvalue weighted by Gasteiger charge is -2.00. The predicted molar refractivity (Wildman–Crippen MR) is 42.4 cm³/mol. The van der Waals surface area contributed by atoms with Gasteiger partial charge in [-0.2, -0.15) is 5.10 Å². The highest BCUT2D eigenvalue weighted by atomic mass is 16.5. The Balaban J connectivity index is 3.07. The van der Waals surface area contributed by atoms with Gasteiger partial charge in [-0.15, -0.1) is 0 Å². The second-order valence-corrected chi connectivity index (χ2v) is 2.32. The number of methoxy groups -OCH3 is 1. The van der Waals surface area contributed by atoms with Crippen molar-refractivity contribution >= 4 is 5.97 Å². The second-order valence-electron chi connectivity index (χ2n) is 2.32. The molecule has 1 aromatic rings. The monoisotopic (exact) mass is 169 g/mol. The van der Waals surface area contributed by atoms with E-state index in [1.165, 1.54) is 13.3 Å². The lowest BCUT2D eigenvalue weighted by Crippen LogP contribution is -2.10. The Hall–Kier alpha value is -1.36. The maximum atomic E-state index is 11.1. The fraction of sp³-hybridized carbons (Fsp3) is 0.429. The molecule has 0 unspecified atom stereocenters. The molecule has 0 saturated carbocycles. The molecule has 1 rings (SSSR count). The first-order valence-electron chi connectivity index (χ1n) is 3.50. The molecule has 2 N–H and O–H groups in total. The summed E-state index contributed by atoms with van der Waals surface area (Å²) in [5.74, 6) is -0.399. The Morgan fingerprint density at radius 3 is 3.00 bits per heavy atom. The van der Waals surface area contributed by atoms with Crippen molar-refractivity contribution in [3.8, 4) is 0 Å². The smallest absolute Gasteiger partial charge is 0.341 e. The zero-order chi connectivity index (χ0) is 9.14. The number of esters is 1. The van der Waals surface area contributed by atoms with Crippen molar-refractivity contribution in [1.29, 1.82) is 0 Å². The van der Waals surface area contributed by atoms with Crippen LogP contribution >= 0.6 is 0 Å². The van der Waals surface area contributed by atoms with Crippen molar-refractivity contribution in [2.45, 2.75) is 6.54 Å². The van der Waals surface area contributed by atoms with Crippen molar-refractivity contribution in [3.05, 3.63) is 17.5 Å². The van der Waals surface area contributed by atoms with E-state index in [0.29, 0.717) is 11.3 Å². The van der Waals surface area contributed by atoms with Crippen LogP contribution in [0.4, 0.5) is 0 Å². The van der Waals surface area contributed by atoms with Crippen LogP contribution in [0, 0.1) is 0 Å². The summed E-state index contributed by atoms with van der Waals surface area (Å²) in [7, 11) is 3.06. The van der Waals surface area contributed by atoms with Crippen LogP contribution in [0.1, 0.15) is 16.1 Å². The van der Waals surface area contributed by atoms with Crippen LogP contribution in [0.5, 0.6) is 0 Å². The number of rotatable bonds is 2. The number of aryl methyl sites for hydroxylation is 1. The number of ether oxygens (including phenoxy) is 1. The molecule has 1 aromatic heterocycles. The number of carbonyl (C=O) groups is 1. The summed E-state index contributed by atoms with van der Waals surface area (Å²) in [4.78, 5) is 11.1. The Morgan fingerprint density at radius 1 is 1.83 bits per heavy atom.